The number of nitrogens with zero attached hydrogens (tertiary/aromatic N) is 3. The Morgan fingerprint density at radius 3 is 2.91 bits per heavy atom. The van der Waals surface area contributed by atoms with Gasteiger partial charge in [0.1, 0.15) is 6.54 Å². The van der Waals surface area contributed by atoms with Gasteiger partial charge in [-0.3, -0.25) is 4.79 Å². The van der Waals surface area contributed by atoms with Gasteiger partial charge in [-0.15, -0.1) is 0 Å². The average Bonchev–Trinajstić information content (AvgIpc) is 2.98. The summed E-state index contributed by atoms with van der Waals surface area (Å²) in [5.74, 6) is 0.0338. The molecule has 5 heteroatoms. The van der Waals surface area contributed by atoms with Crippen molar-refractivity contribution in [2.45, 2.75) is 32.7 Å². The second-order valence-corrected chi connectivity index (χ2v) is 5.51. The summed E-state index contributed by atoms with van der Waals surface area (Å²) in [5, 5.41) is 17.2. The zero-order chi connectivity index (χ0) is 16.7. The van der Waals surface area contributed by atoms with Crippen molar-refractivity contribution in [1.29, 1.82) is 10.7 Å². The number of hydrogen-bond donors (Lipinski definition) is 1. The molecule has 0 bridgehead atoms. The van der Waals surface area contributed by atoms with Crippen LogP contribution in [0.5, 0.6) is 0 Å². The molecule has 23 heavy (non-hydrogen) atoms. The van der Waals surface area contributed by atoms with Gasteiger partial charge < -0.3 is 14.9 Å². The molecule has 0 aliphatic rings. The molecular formula is C18H22N4O. The second kappa shape index (κ2) is 8.14. The van der Waals surface area contributed by atoms with Crippen LogP contribution in [0.25, 0.3) is 10.9 Å². The van der Waals surface area contributed by atoms with E-state index < -0.39 is 0 Å². The summed E-state index contributed by atoms with van der Waals surface area (Å²) in [6, 6.07) is 9.79. The number of nitriles is 1. The van der Waals surface area contributed by atoms with Gasteiger partial charge in [-0.25, -0.2) is 0 Å². The van der Waals surface area contributed by atoms with Crippen LogP contribution in [0.2, 0.25) is 0 Å². The molecule has 0 radical (unpaired) electrons. The van der Waals surface area contributed by atoms with Crippen LogP contribution >= 0.6 is 0 Å². The van der Waals surface area contributed by atoms with Crippen molar-refractivity contribution in [2.75, 3.05) is 13.1 Å². The van der Waals surface area contributed by atoms with Crippen molar-refractivity contribution in [3.63, 3.8) is 0 Å². The lowest BCUT2D eigenvalue weighted by Gasteiger charge is -2.22. The fourth-order valence-electron chi connectivity index (χ4n) is 2.65. The Bertz CT molecular complexity index is 726. The van der Waals surface area contributed by atoms with Crippen molar-refractivity contribution < 1.29 is 4.79 Å². The van der Waals surface area contributed by atoms with Crippen LogP contribution in [-0.4, -0.2) is 34.7 Å². The fraction of sp³-hybridized carbons (Fsp3) is 0.389. The molecule has 0 saturated carbocycles. The number of rotatable bonds is 8. The van der Waals surface area contributed by atoms with Crippen molar-refractivity contribution in [3.8, 4) is 6.07 Å². The summed E-state index contributed by atoms with van der Waals surface area (Å²) in [6.45, 7) is 3.54. The highest BCUT2D eigenvalue weighted by Crippen LogP contribution is 2.19. The summed E-state index contributed by atoms with van der Waals surface area (Å²) >= 11 is 0. The zero-order valence-corrected chi connectivity index (χ0v) is 13.5. The molecule has 1 aromatic heterocycles. The number of amides is 1. The molecular weight excluding hydrogens is 288 g/mol. The van der Waals surface area contributed by atoms with E-state index in [1.807, 2.05) is 35.0 Å². The minimum absolute atomic E-state index is 0.0338. The number of aromatic nitrogens is 1. The fourth-order valence-corrected chi connectivity index (χ4v) is 2.65. The molecule has 0 aliphatic heterocycles. The van der Waals surface area contributed by atoms with Crippen LogP contribution in [0, 0.1) is 16.7 Å². The molecule has 1 heterocycles. The first kappa shape index (κ1) is 16.8. The minimum Gasteiger partial charge on any atom is -0.340 e. The van der Waals surface area contributed by atoms with E-state index in [2.05, 4.69) is 13.0 Å². The molecule has 1 N–H and O–H groups in total. The van der Waals surface area contributed by atoms with Crippen LogP contribution < -0.4 is 0 Å². The van der Waals surface area contributed by atoms with Crippen molar-refractivity contribution >= 4 is 23.0 Å². The number of unbranched alkanes of at least 4 members (excludes halogenated alkanes) is 1. The number of carbonyl (C=O) groups is 1. The normalized spacial score (nSPS) is 10.4. The SMILES string of the molecule is CCCCN(CCC#N)C(=O)Cn1ccc2c(C=N)cccc21. The Morgan fingerprint density at radius 1 is 1.39 bits per heavy atom. The van der Waals surface area contributed by atoms with Crippen LogP contribution in [0.3, 0.4) is 0 Å². The van der Waals surface area contributed by atoms with E-state index in [-0.39, 0.29) is 12.5 Å². The largest absolute Gasteiger partial charge is 0.340 e. The topological polar surface area (TPSA) is 72.9 Å². The first-order chi connectivity index (χ1) is 11.2. The Kier molecular flexibility index (Phi) is 5.93. The standard InChI is InChI=1S/C18H22N4O/c1-2-3-10-21(11-5-9-19)18(23)14-22-12-8-16-15(13-20)6-4-7-17(16)22/h4,6-8,12-13,20H,2-3,5,10-11,14H2,1H3. The van der Waals surface area contributed by atoms with Gasteiger partial charge in [0, 0.05) is 42.0 Å². The van der Waals surface area contributed by atoms with E-state index >= 15 is 0 Å². The van der Waals surface area contributed by atoms with Gasteiger partial charge in [-0.1, -0.05) is 25.5 Å². The van der Waals surface area contributed by atoms with E-state index in [9.17, 15) is 4.79 Å². The van der Waals surface area contributed by atoms with Gasteiger partial charge in [0.25, 0.3) is 0 Å². The molecule has 0 fully saturated rings. The quantitative estimate of drug-likeness (QED) is 0.760. The van der Waals surface area contributed by atoms with Gasteiger partial charge in [0.05, 0.1) is 12.5 Å². The van der Waals surface area contributed by atoms with Gasteiger partial charge >= 0.3 is 0 Å². The van der Waals surface area contributed by atoms with Gasteiger partial charge in [-0.05, 0) is 18.6 Å². The van der Waals surface area contributed by atoms with Crippen molar-refractivity contribution in [2.24, 2.45) is 0 Å². The summed E-state index contributed by atoms with van der Waals surface area (Å²) in [6.07, 6.45) is 5.54. The third-order valence-electron chi connectivity index (χ3n) is 3.94. The third kappa shape index (κ3) is 3.98. The number of hydrogen-bond acceptors (Lipinski definition) is 3. The third-order valence-corrected chi connectivity index (χ3v) is 3.94. The predicted octanol–water partition coefficient (Wildman–Crippen LogP) is 3.18. The smallest absolute Gasteiger partial charge is 0.242 e. The number of carbonyl (C=O) groups excluding carboxylic acids is 1. The lowest BCUT2D eigenvalue weighted by molar-refractivity contribution is -0.131. The van der Waals surface area contributed by atoms with E-state index in [0.29, 0.717) is 19.5 Å². The van der Waals surface area contributed by atoms with Crippen LogP contribution in [0.4, 0.5) is 0 Å². The first-order valence-electron chi connectivity index (χ1n) is 7.94. The van der Waals surface area contributed by atoms with Crippen molar-refractivity contribution in [1.82, 2.24) is 9.47 Å². The molecule has 1 amide bonds. The van der Waals surface area contributed by atoms with E-state index in [4.69, 9.17) is 10.7 Å². The summed E-state index contributed by atoms with van der Waals surface area (Å²) < 4.78 is 1.91. The monoisotopic (exact) mass is 310 g/mol. The molecule has 120 valence electrons. The predicted molar refractivity (Wildman–Crippen MR) is 91.5 cm³/mol. The van der Waals surface area contributed by atoms with E-state index in [1.54, 1.807) is 4.90 Å². The highest BCUT2D eigenvalue weighted by Gasteiger charge is 2.14. The molecule has 0 spiro atoms. The number of nitrogens with one attached hydrogen (secondary N) is 1. The molecule has 0 saturated heterocycles. The maximum atomic E-state index is 12.6. The van der Waals surface area contributed by atoms with E-state index in [1.165, 1.54) is 6.21 Å². The van der Waals surface area contributed by atoms with Gasteiger partial charge in [0.15, 0.2) is 0 Å². The molecule has 5 nitrogen and oxygen atoms in total. The highest BCUT2D eigenvalue weighted by atomic mass is 16.2. The van der Waals surface area contributed by atoms with E-state index in [0.717, 1.165) is 29.3 Å². The molecule has 0 unspecified atom stereocenters. The molecule has 0 atom stereocenters. The van der Waals surface area contributed by atoms with Gasteiger partial charge in [-0.2, -0.15) is 5.26 Å². The Hall–Kier alpha value is -2.61. The lowest BCUT2D eigenvalue weighted by atomic mass is 10.1. The lowest BCUT2D eigenvalue weighted by Crippen LogP contribution is -2.35. The number of benzene rings is 1. The Balaban J connectivity index is 2.17. The molecule has 2 rings (SSSR count). The maximum Gasteiger partial charge on any atom is 0.242 e. The Labute approximate surface area is 136 Å². The highest BCUT2D eigenvalue weighted by molar-refractivity contribution is 5.98. The Morgan fingerprint density at radius 2 is 2.22 bits per heavy atom. The summed E-state index contributed by atoms with van der Waals surface area (Å²) in [7, 11) is 0. The average molecular weight is 310 g/mol. The zero-order valence-electron chi connectivity index (χ0n) is 13.5. The van der Waals surface area contributed by atoms with Crippen LogP contribution in [0.15, 0.2) is 30.5 Å². The van der Waals surface area contributed by atoms with Crippen LogP contribution in [0.1, 0.15) is 31.7 Å². The van der Waals surface area contributed by atoms with Crippen LogP contribution in [-0.2, 0) is 11.3 Å². The van der Waals surface area contributed by atoms with Crippen molar-refractivity contribution in [3.05, 3.63) is 36.0 Å². The van der Waals surface area contributed by atoms with Gasteiger partial charge in [0.2, 0.25) is 5.91 Å². The maximum absolute atomic E-state index is 12.6. The second-order valence-electron chi connectivity index (χ2n) is 5.51. The number of fused-ring (bicyclic) bond motifs is 1. The summed E-state index contributed by atoms with van der Waals surface area (Å²) in [5.41, 5.74) is 1.80. The minimum atomic E-state index is 0.0338. The first-order valence-corrected chi connectivity index (χ1v) is 7.94. The molecule has 1 aromatic carbocycles. The summed E-state index contributed by atoms with van der Waals surface area (Å²) in [4.78, 5) is 14.3. The molecule has 2 aromatic rings. The molecule has 0 aliphatic carbocycles.